The SMILES string of the molecule is CC(Nc1ccc2c(c1)OC(F)(F)O2)C1CCCN(C)C1. The Morgan fingerprint density at radius 2 is 2.10 bits per heavy atom. The molecule has 1 saturated heterocycles. The number of anilines is 1. The third-order valence-corrected chi connectivity index (χ3v) is 4.16. The van der Waals surface area contributed by atoms with E-state index in [-0.39, 0.29) is 17.5 Å². The topological polar surface area (TPSA) is 33.7 Å². The highest BCUT2D eigenvalue weighted by Crippen LogP contribution is 2.42. The van der Waals surface area contributed by atoms with Crippen LogP contribution in [0.2, 0.25) is 0 Å². The average Bonchev–Trinajstić information content (AvgIpc) is 2.72. The zero-order valence-electron chi connectivity index (χ0n) is 12.2. The molecular formula is C15H20F2N2O2. The van der Waals surface area contributed by atoms with Crippen LogP contribution in [0.4, 0.5) is 14.5 Å². The maximum atomic E-state index is 13.0. The summed E-state index contributed by atoms with van der Waals surface area (Å²) in [6, 6.07) is 5.10. The first-order chi connectivity index (χ1) is 9.93. The minimum absolute atomic E-state index is 0.0793. The number of halogens is 2. The van der Waals surface area contributed by atoms with Crippen molar-refractivity contribution < 1.29 is 18.3 Å². The molecule has 2 aliphatic rings. The van der Waals surface area contributed by atoms with Crippen LogP contribution in [0.25, 0.3) is 0 Å². The zero-order chi connectivity index (χ0) is 15.0. The molecule has 4 nitrogen and oxygen atoms in total. The van der Waals surface area contributed by atoms with Gasteiger partial charge in [-0.2, -0.15) is 0 Å². The lowest BCUT2D eigenvalue weighted by Crippen LogP contribution is -2.39. The molecule has 0 bridgehead atoms. The summed E-state index contributed by atoms with van der Waals surface area (Å²) in [6.45, 7) is 4.32. The van der Waals surface area contributed by atoms with Crippen LogP contribution in [-0.4, -0.2) is 37.4 Å². The van der Waals surface area contributed by atoms with E-state index in [2.05, 4.69) is 33.7 Å². The molecule has 2 atom stereocenters. The normalized spacial score (nSPS) is 25.6. The molecule has 0 aliphatic carbocycles. The number of alkyl halides is 2. The van der Waals surface area contributed by atoms with Gasteiger partial charge in [-0.3, -0.25) is 0 Å². The van der Waals surface area contributed by atoms with Gasteiger partial charge in [-0.25, -0.2) is 0 Å². The monoisotopic (exact) mass is 298 g/mol. The van der Waals surface area contributed by atoms with Gasteiger partial charge in [0.1, 0.15) is 0 Å². The Kier molecular flexibility index (Phi) is 3.65. The van der Waals surface area contributed by atoms with Crippen molar-refractivity contribution in [3.8, 4) is 11.5 Å². The second-order valence-electron chi connectivity index (χ2n) is 5.93. The second-order valence-corrected chi connectivity index (χ2v) is 5.93. The molecule has 3 rings (SSSR count). The fourth-order valence-electron chi connectivity index (χ4n) is 3.03. The summed E-state index contributed by atoms with van der Waals surface area (Å²) in [5, 5.41) is 3.38. The molecule has 0 aromatic heterocycles. The first-order valence-electron chi connectivity index (χ1n) is 7.28. The molecule has 0 amide bonds. The van der Waals surface area contributed by atoms with Gasteiger partial charge in [0.25, 0.3) is 0 Å². The first kappa shape index (κ1) is 14.4. The summed E-state index contributed by atoms with van der Waals surface area (Å²) >= 11 is 0. The summed E-state index contributed by atoms with van der Waals surface area (Å²) < 4.78 is 34.9. The molecule has 1 N–H and O–H groups in total. The van der Waals surface area contributed by atoms with E-state index < -0.39 is 6.29 Å². The van der Waals surface area contributed by atoms with Crippen molar-refractivity contribution in [1.29, 1.82) is 0 Å². The lowest BCUT2D eigenvalue weighted by Gasteiger charge is -2.34. The van der Waals surface area contributed by atoms with E-state index in [0.717, 1.165) is 18.8 Å². The fourth-order valence-corrected chi connectivity index (χ4v) is 3.03. The molecule has 116 valence electrons. The van der Waals surface area contributed by atoms with Gasteiger partial charge in [-0.1, -0.05) is 0 Å². The molecule has 0 radical (unpaired) electrons. The van der Waals surface area contributed by atoms with Crippen molar-refractivity contribution in [3.63, 3.8) is 0 Å². The Balaban J connectivity index is 1.66. The Morgan fingerprint density at radius 3 is 2.86 bits per heavy atom. The van der Waals surface area contributed by atoms with Crippen molar-refractivity contribution in [2.45, 2.75) is 32.1 Å². The van der Waals surface area contributed by atoms with Crippen LogP contribution in [0.5, 0.6) is 11.5 Å². The van der Waals surface area contributed by atoms with Gasteiger partial charge < -0.3 is 19.7 Å². The number of rotatable bonds is 3. The number of benzene rings is 1. The fraction of sp³-hybridized carbons (Fsp3) is 0.600. The van der Waals surface area contributed by atoms with E-state index >= 15 is 0 Å². The minimum atomic E-state index is -3.56. The van der Waals surface area contributed by atoms with Crippen LogP contribution in [0.15, 0.2) is 18.2 Å². The van der Waals surface area contributed by atoms with Crippen molar-refractivity contribution in [3.05, 3.63) is 18.2 Å². The van der Waals surface area contributed by atoms with Crippen LogP contribution < -0.4 is 14.8 Å². The third kappa shape index (κ3) is 3.20. The number of nitrogens with one attached hydrogen (secondary N) is 1. The molecule has 2 heterocycles. The van der Waals surface area contributed by atoms with Gasteiger partial charge in [0.15, 0.2) is 11.5 Å². The summed E-state index contributed by atoms with van der Waals surface area (Å²) in [5.41, 5.74) is 0.774. The summed E-state index contributed by atoms with van der Waals surface area (Å²) in [5.74, 6) is 0.712. The molecule has 2 unspecified atom stereocenters. The van der Waals surface area contributed by atoms with Gasteiger partial charge in [-0.05, 0) is 51.4 Å². The van der Waals surface area contributed by atoms with Crippen LogP contribution in [0.3, 0.4) is 0 Å². The smallest absolute Gasteiger partial charge is 0.395 e. The Morgan fingerprint density at radius 1 is 1.33 bits per heavy atom. The quantitative estimate of drug-likeness (QED) is 0.929. The average molecular weight is 298 g/mol. The number of nitrogens with zero attached hydrogens (tertiary/aromatic N) is 1. The summed E-state index contributed by atoms with van der Waals surface area (Å²) in [7, 11) is 2.13. The van der Waals surface area contributed by atoms with E-state index in [4.69, 9.17) is 0 Å². The standard InChI is InChI=1S/C15H20F2N2O2/c1-10(11-4-3-7-19(2)9-11)18-12-5-6-13-14(8-12)21-15(16,17)20-13/h5-6,8,10-11,18H,3-4,7,9H2,1-2H3. The molecule has 1 aromatic rings. The van der Waals surface area contributed by atoms with Crippen molar-refractivity contribution >= 4 is 5.69 Å². The molecule has 2 aliphatic heterocycles. The molecule has 6 heteroatoms. The summed E-state index contributed by atoms with van der Waals surface area (Å²) in [6.07, 6.45) is -1.18. The number of hydrogen-bond acceptors (Lipinski definition) is 4. The van der Waals surface area contributed by atoms with Gasteiger partial charge in [0.2, 0.25) is 0 Å². The Hall–Kier alpha value is -1.56. The molecule has 1 aromatic carbocycles. The second kappa shape index (κ2) is 5.33. The molecular weight excluding hydrogens is 278 g/mol. The highest BCUT2D eigenvalue weighted by molar-refractivity contribution is 5.56. The highest BCUT2D eigenvalue weighted by Gasteiger charge is 2.43. The highest BCUT2D eigenvalue weighted by atomic mass is 19.3. The maximum Gasteiger partial charge on any atom is 0.586 e. The number of piperidine rings is 1. The largest absolute Gasteiger partial charge is 0.586 e. The zero-order valence-corrected chi connectivity index (χ0v) is 12.2. The molecule has 0 spiro atoms. The van der Waals surface area contributed by atoms with Crippen LogP contribution >= 0.6 is 0 Å². The van der Waals surface area contributed by atoms with Crippen LogP contribution in [0.1, 0.15) is 19.8 Å². The minimum Gasteiger partial charge on any atom is -0.395 e. The van der Waals surface area contributed by atoms with Gasteiger partial charge in [0, 0.05) is 24.3 Å². The number of ether oxygens (including phenoxy) is 2. The number of hydrogen-bond donors (Lipinski definition) is 1. The van der Waals surface area contributed by atoms with Crippen molar-refractivity contribution in [2.24, 2.45) is 5.92 Å². The molecule has 21 heavy (non-hydrogen) atoms. The van der Waals surface area contributed by atoms with E-state index in [1.807, 2.05) is 0 Å². The third-order valence-electron chi connectivity index (χ3n) is 4.16. The maximum absolute atomic E-state index is 13.0. The van der Waals surface area contributed by atoms with Crippen LogP contribution in [-0.2, 0) is 0 Å². The Bertz CT molecular complexity index is 524. The van der Waals surface area contributed by atoms with Crippen molar-refractivity contribution in [2.75, 3.05) is 25.5 Å². The number of likely N-dealkylation sites (tertiary alicyclic amines) is 1. The van der Waals surface area contributed by atoms with E-state index in [9.17, 15) is 8.78 Å². The predicted octanol–water partition coefficient (Wildman–Crippen LogP) is 3.15. The van der Waals surface area contributed by atoms with Crippen LogP contribution in [0, 0.1) is 5.92 Å². The Labute approximate surface area is 123 Å². The van der Waals surface area contributed by atoms with E-state index in [1.165, 1.54) is 18.9 Å². The lowest BCUT2D eigenvalue weighted by atomic mass is 9.92. The van der Waals surface area contributed by atoms with Gasteiger partial charge >= 0.3 is 6.29 Å². The van der Waals surface area contributed by atoms with Crippen molar-refractivity contribution in [1.82, 2.24) is 4.90 Å². The van der Waals surface area contributed by atoms with E-state index in [1.54, 1.807) is 12.1 Å². The lowest BCUT2D eigenvalue weighted by molar-refractivity contribution is -0.286. The predicted molar refractivity (Wildman–Crippen MR) is 76.0 cm³/mol. The molecule has 0 saturated carbocycles. The van der Waals surface area contributed by atoms with Gasteiger partial charge in [0.05, 0.1) is 0 Å². The van der Waals surface area contributed by atoms with E-state index in [0.29, 0.717) is 5.92 Å². The van der Waals surface area contributed by atoms with Gasteiger partial charge in [-0.15, -0.1) is 8.78 Å². The molecule has 1 fully saturated rings. The first-order valence-corrected chi connectivity index (χ1v) is 7.28. The number of fused-ring (bicyclic) bond motifs is 1. The summed E-state index contributed by atoms with van der Waals surface area (Å²) in [4.78, 5) is 2.33.